The molecule has 0 fully saturated rings. The molecule has 28 heavy (non-hydrogen) atoms. The maximum absolute atomic E-state index is 12.9. The van der Waals surface area contributed by atoms with Crippen molar-refractivity contribution in [1.29, 1.82) is 0 Å². The van der Waals surface area contributed by atoms with Gasteiger partial charge in [0.25, 0.3) is 0 Å². The number of rotatable bonds is 3. The van der Waals surface area contributed by atoms with E-state index >= 15 is 0 Å². The summed E-state index contributed by atoms with van der Waals surface area (Å²) in [6.45, 7) is 3.80. The number of furan rings is 1. The maximum Gasteiger partial charge on any atom is 0.155 e. The standard InChI is InChI=1S/C23H19ClO4/c1-13-8-19(28-16-5-3-4-15(24)10-16)9-14(2)22(13)23-20(25)11-17-6-7-18(27-17)12-21(23)26/h3-10,23H,11-12H2,1-2H3. The molecule has 2 aromatic carbocycles. The van der Waals surface area contributed by atoms with Crippen LogP contribution in [0.15, 0.2) is 52.9 Å². The number of halogens is 1. The molecule has 1 aliphatic heterocycles. The quantitative estimate of drug-likeness (QED) is 0.561. The number of hydrogen-bond donors (Lipinski definition) is 0. The molecule has 0 aliphatic carbocycles. The molecule has 5 heteroatoms. The number of carbonyl (C=O) groups is 2. The van der Waals surface area contributed by atoms with Gasteiger partial charge in [-0.25, -0.2) is 0 Å². The second-order valence-electron chi connectivity index (χ2n) is 7.12. The van der Waals surface area contributed by atoms with E-state index in [1.807, 2.05) is 38.1 Å². The van der Waals surface area contributed by atoms with Crippen LogP contribution >= 0.6 is 11.6 Å². The van der Waals surface area contributed by atoms with Crippen molar-refractivity contribution in [3.8, 4) is 11.5 Å². The Bertz CT molecular complexity index is 1020. The van der Waals surface area contributed by atoms with Crippen molar-refractivity contribution in [3.63, 3.8) is 0 Å². The number of Topliss-reactive ketones (excluding diaryl/α,β-unsaturated/α-hetero) is 2. The van der Waals surface area contributed by atoms with E-state index in [0.717, 1.165) is 16.7 Å². The first-order chi connectivity index (χ1) is 13.4. The van der Waals surface area contributed by atoms with Crippen molar-refractivity contribution < 1.29 is 18.7 Å². The van der Waals surface area contributed by atoms with Gasteiger partial charge in [-0.1, -0.05) is 17.7 Å². The molecule has 4 nitrogen and oxygen atoms in total. The molecule has 0 N–H and O–H groups in total. The Balaban J connectivity index is 1.68. The summed E-state index contributed by atoms with van der Waals surface area (Å²) in [7, 11) is 0. The van der Waals surface area contributed by atoms with Gasteiger partial charge < -0.3 is 9.15 Å². The lowest BCUT2D eigenvalue weighted by atomic mass is 9.82. The van der Waals surface area contributed by atoms with Crippen molar-refractivity contribution >= 4 is 23.2 Å². The molecule has 0 saturated heterocycles. The summed E-state index contributed by atoms with van der Waals surface area (Å²) in [6, 6.07) is 14.4. The van der Waals surface area contributed by atoms with Gasteiger partial charge in [-0.05, 0) is 73.0 Å². The zero-order chi connectivity index (χ0) is 19.8. The molecular formula is C23H19ClO4. The first kappa shape index (κ1) is 18.5. The van der Waals surface area contributed by atoms with Crippen molar-refractivity contribution in [3.05, 3.63) is 81.8 Å². The summed E-state index contributed by atoms with van der Waals surface area (Å²) in [5.41, 5.74) is 2.46. The largest absolute Gasteiger partial charge is 0.465 e. The third kappa shape index (κ3) is 3.60. The van der Waals surface area contributed by atoms with Gasteiger partial charge >= 0.3 is 0 Å². The average molecular weight is 395 g/mol. The molecule has 2 heterocycles. The summed E-state index contributed by atoms with van der Waals surface area (Å²) in [5, 5.41) is 0.591. The van der Waals surface area contributed by atoms with E-state index in [0.29, 0.717) is 28.0 Å². The first-order valence-electron chi connectivity index (χ1n) is 9.08. The van der Waals surface area contributed by atoms with Crippen LogP contribution in [0.4, 0.5) is 0 Å². The fraction of sp³-hybridized carbons (Fsp3) is 0.217. The molecule has 0 unspecified atom stereocenters. The van der Waals surface area contributed by atoms with Crippen LogP contribution in [0.25, 0.3) is 0 Å². The lowest BCUT2D eigenvalue weighted by Gasteiger charge is -2.21. The third-order valence-electron chi connectivity index (χ3n) is 4.95. The molecule has 3 aromatic rings. The Labute approximate surface area is 168 Å². The molecule has 0 amide bonds. The Morgan fingerprint density at radius 3 is 2.07 bits per heavy atom. The topological polar surface area (TPSA) is 56.5 Å². The van der Waals surface area contributed by atoms with E-state index in [9.17, 15) is 9.59 Å². The summed E-state index contributed by atoms with van der Waals surface area (Å²) in [6.07, 6.45) is 0.242. The van der Waals surface area contributed by atoms with Gasteiger partial charge in [0, 0.05) is 5.02 Å². The number of hydrogen-bond acceptors (Lipinski definition) is 4. The van der Waals surface area contributed by atoms with Crippen LogP contribution in [-0.4, -0.2) is 11.6 Å². The smallest absolute Gasteiger partial charge is 0.155 e. The number of benzene rings is 2. The zero-order valence-corrected chi connectivity index (χ0v) is 16.4. The van der Waals surface area contributed by atoms with Crippen molar-refractivity contribution in [2.45, 2.75) is 32.6 Å². The molecule has 0 atom stereocenters. The lowest BCUT2D eigenvalue weighted by Crippen LogP contribution is -2.27. The Morgan fingerprint density at radius 2 is 1.50 bits per heavy atom. The Kier molecular flexibility index (Phi) is 4.82. The minimum Gasteiger partial charge on any atom is -0.465 e. The molecule has 0 spiro atoms. The van der Waals surface area contributed by atoms with Gasteiger partial charge in [0.2, 0.25) is 0 Å². The first-order valence-corrected chi connectivity index (χ1v) is 9.46. The molecular weight excluding hydrogens is 376 g/mol. The molecule has 0 radical (unpaired) electrons. The Hall–Kier alpha value is -2.85. The Morgan fingerprint density at radius 1 is 0.893 bits per heavy atom. The van der Waals surface area contributed by atoms with Crippen molar-refractivity contribution in [2.75, 3.05) is 0 Å². The predicted molar refractivity (Wildman–Crippen MR) is 106 cm³/mol. The van der Waals surface area contributed by atoms with Crippen LogP contribution in [0, 0.1) is 13.8 Å². The second kappa shape index (κ2) is 7.28. The fourth-order valence-corrected chi connectivity index (χ4v) is 3.96. The normalized spacial score (nSPS) is 14.7. The summed E-state index contributed by atoms with van der Waals surface area (Å²) < 4.78 is 11.4. The lowest BCUT2D eigenvalue weighted by molar-refractivity contribution is -0.129. The molecule has 1 aromatic heterocycles. The number of ether oxygens (including phenoxy) is 1. The van der Waals surface area contributed by atoms with Crippen LogP contribution < -0.4 is 4.74 Å². The third-order valence-corrected chi connectivity index (χ3v) is 5.18. The van der Waals surface area contributed by atoms with Crippen LogP contribution in [0.5, 0.6) is 11.5 Å². The number of aryl methyl sites for hydroxylation is 2. The van der Waals surface area contributed by atoms with Gasteiger partial charge in [0.15, 0.2) is 11.6 Å². The minimum atomic E-state index is -0.783. The second-order valence-corrected chi connectivity index (χ2v) is 7.55. The van der Waals surface area contributed by atoms with Crippen LogP contribution in [0.1, 0.15) is 34.1 Å². The molecule has 4 rings (SSSR count). The van der Waals surface area contributed by atoms with Gasteiger partial charge in [-0.2, -0.15) is 0 Å². The SMILES string of the molecule is Cc1cc(Oc2cccc(Cl)c2)cc(C)c1C1C(=O)Cc2ccc(o2)CC1=O. The summed E-state index contributed by atoms with van der Waals surface area (Å²) >= 11 is 6.02. The molecule has 0 saturated carbocycles. The molecule has 142 valence electrons. The monoisotopic (exact) mass is 394 g/mol. The van der Waals surface area contributed by atoms with E-state index < -0.39 is 5.92 Å². The van der Waals surface area contributed by atoms with Crippen molar-refractivity contribution in [1.82, 2.24) is 0 Å². The minimum absolute atomic E-state index is 0.121. The van der Waals surface area contributed by atoms with Crippen LogP contribution in [0.2, 0.25) is 5.02 Å². The van der Waals surface area contributed by atoms with Crippen LogP contribution in [0.3, 0.4) is 0 Å². The molecule has 1 aliphatic rings. The highest BCUT2D eigenvalue weighted by molar-refractivity contribution is 6.30. The summed E-state index contributed by atoms with van der Waals surface area (Å²) in [5.74, 6) is 1.42. The van der Waals surface area contributed by atoms with Gasteiger partial charge in [0.1, 0.15) is 28.9 Å². The summed E-state index contributed by atoms with van der Waals surface area (Å²) in [4.78, 5) is 25.7. The van der Waals surface area contributed by atoms with E-state index in [4.69, 9.17) is 20.8 Å². The van der Waals surface area contributed by atoms with E-state index in [2.05, 4.69) is 0 Å². The predicted octanol–water partition coefficient (Wildman–Crippen LogP) is 5.36. The van der Waals surface area contributed by atoms with Crippen molar-refractivity contribution in [2.24, 2.45) is 0 Å². The van der Waals surface area contributed by atoms with Gasteiger partial charge in [-0.15, -0.1) is 0 Å². The van der Waals surface area contributed by atoms with E-state index in [1.165, 1.54) is 0 Å². The van der Waals surface area contributed by atoms with Crippen LogP contribution in [-0.2, 0) is 22.4 Å². The van der Waals surface area contributed by atoms with Gasteiger partial charge in [0.05, 0.1) is 12.8 Å². The number of fused-ring (bicyclic) bond motifs is 2. The molecule has 2 bridgehead atoms. The number of ketones is 2. The highest BCUT2D eigenvalue weighted by Crippen LogP contribution is 2.34. The average Bonchev–Trinajstić information content (AvgIpc) is 3.05. The van der Waals surface area contributed by atoms with Gasteiger partial charge in [-0.3, -0.25) is 9.59 Å². The zero-order valence-electron chi connectivity index (χ0n) is 15.6. The highest BCUT2D eigenvalue weighted by atomic mass is 35.5. The highest BCUT2D eigenvalue weighted by Gasteiger charge is 2.33. The fourth-order valence-electron chi connectivity index (χ4n) is 3.78. The maximum atomic E-state index is 12.9. The van der Waals surface area contributed by atoms with E-state index in [1.54, 1.807) is 24.3 Å². The van der Waals surface area contributed by atoms with E-state index in [-0.39, 0.29) is 24.4 Å². The number of carbonyl (C=O) groups excluding carboxylic acids is 2.